The molecule has 0 aliphatic rings. The van der Waals surface area contributed by atoms with E-state index >= 15 is 0 Å². The molecule has 0 fully saturated rings. The molecule has 1 rings (SSSR count). The average Bonchev–Trinajstić information content (AvgIpc) is 2.08. The van der Waals surface area contributed by atoms with Crippen molar-refractivity contribution in [2.75, 3.05) is 6.61 Å². The predicted octanol–water partition coefficient (Wildman–Crippen LogP) is 2.38. The Morgan fingerprint density at radius 1 is 1.43 bits per heavy atom. The van der Waals surface area contributed by atoms with Crippen LogP contribution in [0.1, 0.15) is 0 Å². The molecule has 6 heteroatoms. The SMILES string of the molecule is O=C(O)COc1cc(Br)cc(Br)c1O. The van der Waals surface area contributed by atoms with Gasteiger partial charge in [-0.3, -0.25) is 0 Å². The second kappa shape index (κ2) is 4.65. The number of phenolic OH excluding ortho intramolecular Hbond substituents is 1. The van der Waals surface area contributed by atoms with Gasteiger partial charge in [0.2, 0.25) is 0 Å². The molecule has 1 aromatic rings. The summed E-state index contributed by atoms with van der Waals surface area (Å²) in [6, 6.07) is 3.12. The van der Waals surface area contributed by atoms with Crippen LogP contribution in [0.5, 0.6) is 11.5 Å². The van der Waals surface area contributed by atoms with Gasteiger partial charge in [0.25, 0.3) is 0 Å². The lowest BCUT2D eigenvalue weighted by Gasteiger charge is -2.07. The van der Waals surface area contributed by atoms with Crippen molar-refractivity contribution in [3.63, 3.8) is 0 Å². The summed E-state index contributed by atoms with van der Waals surface area (Å²) in [5, 5.41) is 17.8. The van der Waals surface area contributed by atoms with Gasteiger partial charge in [0, 0.05) is 4.47 Å². The number of aromatic hydroxyl groups is 1. The van der Waals surface area contributed by atoms with Gasteiger partial charge in [0.15, 0.2) is 18.1 Å². The van der Waals surface area contributed by atoms with Crippen LogP contribution in [-0.4, -0.2) is 22.8 Å². The molecule has 1 aromatic carbocycles. The summed E-state index contributed by atoms with van der Waals surface area (Å²) in [6.07, 6.45) is 0. The Morgan fingerprint density at radius 3 is 2.64 bits per heavy atom. The molecule has 14 heavy (non-hydrogen) atoms. The number of benzene rings is 1. The maximum Gasteiger partial charge on any atom is 0.341 e. The minimum atomic E-state index is -1.10. The molecule has 0 spiro atoms. The molecule has 4 nitrogen and oxygen atoms in total. The number of hydrogen-bond donors (Lipinski definition) is 2. The van der Waals surface area contributed by atoms with E-state index in [9.17, 15) is 9.90 Å². The molecule has 0 saturated heterocycles. The van der Waals surface area contributed by atoms with Crippen LogP contribution < -0.4 is 4.74 Å². The number of ether oxygens (including phenoxy) is 1. The largest absolute Gasteiger partial charge is 0.503 e. The first-order valence-corrected chi connectivity index (χ1v) is 5.12. The van der Waals surface area contributed by atoms with E-state index < -0.39 is 12.6 Å². The standard InChI is InChI=1S/C8H6Br2O4/c9-4-1-5(10)8(13)6(2-4)14-3-7(11)12/h1-2,13H,3H2,(H,11,12). The number of halogens is 2. The molecule has 0 unspecified atom stereocenters. The van der Waals surface area contributed by atoms with Gasteiger partial charge < -0.3 is 14.9 Å². The molecular weight excluding hydrogens is 320 g/mol. The Labute approximate surface area is 96.8 Å². The second-order valence-electron chi connectivity index (χ2n) is 2.42. The van der Waals surface area contributed by atoms with E-state index in [0.29, 0.717) is 8.95 Å². The van der Waals surface area contributed by atoms with E-state index in [0.717, 1.165) is 0 Å². The van der Waals surface area contributed by atoms with Gasteiger partial charge in [-0.15, -0.1) is 0 Å². The molecule has 0 aliphatic heterocycles. The lowest BCUT2D eigenvalue weighted by Crippen LogP contribution is -2.09. The van der Waals surface area contributed by atoms with Crippen LogP contribution in [-0.2, 0) is 4.79 Å². The predicted molar refractivity (Wildman–Crippen MR) is 56.6 cm³/mol. The van der Waals surface area contributed by atoms with Crippen molar-refractivity contribution in [2.45, 2.75) is 0 Å². The van der Waals surface area contributed by atoms with E-state index in [1.807, 2.05) is 0 Å². The van der Waals surface area contributed by atoms with Gasteiger partial charge in [0.05, 0.1) is 4.47 Å². The first kappa shape index (κ1) is 11.3. The van der Waals surface area contributed by atoms with Crippen molar-refractivity contribution in [3.05, 3.63) is 21.1 Å². The molecule has 0 radical (unpaired) electrons. The molecule has 0 heterocycles. The molecule has 76 valence electrons. The zero-order valence-corrected chi connectivity index (χ0v) is 10.0. The first-order valence-electron chi connectivity index (χ1n) is 3.53. The number of phenols is 1. The number of carboxylic acids is 1. The van der Waals surface area contributed by atoms with Crippen molar-refractivity contribution in [2.24, 2.45) is 0 Å². The van der Waals surface area contributed by atoms with E-state index in [-0.39, 0.29) is 11.5 Å². The summed E-state index contributed by atoms with van der Waals surface area (Å²) in [7, 11) is 0. The van der Waals surface area contributed by atoms with E-state index in [4.69, 9.17) is 9.84 Å². The Kier molecular flexibility index (Phi) is 3.77. The van der Waals surface area contributed by atoms with Gasteiger partial charge in [-0.2, -0.15) is 0 Å². The lowest BCUT2D eigenvalue weighted by atomic mass is 10.3. The molecular formula is C8H6Br2O4. The topological polar surface area (TPSA) is 66.8 Å². The number of carboxylic acid groups (broad SMARTS) is 1. The fraction of sp³-hybridized carbons (Fsp3) is 0.125. The van der Waals surface area contributed by atoms with Crippen LogP contribution in [0.4, 0.5) is 0 Å². The molecule has 0 saturated carbocycles. The number of carbonyl (C=O) groups is 1. The number of rotatable bonds is 3. The molecule has 0 aliphatic carbocycles. The van der Waals surface area contributed by atoms with Crippen LogP contribution in [0.25, 0.3) is 0 Å². The summed E-state index contributed by atoms with van der Waals surface area (Å²) >= 11 is 6.28. The Morgan fingerprint density at radius 2 is 2.07 bits per heavy atom. The summed E-state index contributed by atoms with van der Waals surface area (Å²) in [5.41, 5.74) is 0. The van der Waals surface area contributed by atoms with E-state index in [1.165, 1.54) is 6.07 Å². The normalized spacial score (nSPS) is 9.86. The van der Waals surface area contributed by atoms with Crippen molar-refractivity contribution < 1.29 is 19.7 Å². The molecule has 0 aromatic heterocycles. The molecule has 2 N–H and O–H groups in total. The third-order valence-corrected chi connectivity index (χ3v) is 2.41. The van der Waals surface area contributed by atoms with Crippen molar-refractivity contribution in [1.82, 2.24) is 0 Å². The highest BCUT2D eigenvalue weighted by Crippen LogP contribution is 2.37. The van der Waals surface area contributed by atoms with Gasteiger partial charge in [-0.25, -0.2) is 4.79 Å². The highest BCUT2D eigenvalue weighted by atomic mass is 79.9. The minimum absolute atomic E-state index is 0.116. The monoisotopic (exact) mass is 324 g/mol. The van der Waals surface area contributed by atoms with Crippen LogP contribution in [0.3, 0.4) is 0 Å². The van der Waals surface area contributed by atoms with Crippen molar-refractivity contribution >= 4 is 37.8 Å². The fourth-order valence-electron chi connectivity index (χ4n) is 0.792. The number of hydrogen-bond acceptors (Lipinski definition) is 3. The quantitative estimate of drug-likeness (QED) is 0.895. The maximum atomic E-state index is 10.2. The summed E-state index contributed by atoms with van der Waals surface area (Å²) in [5.74, 6) is -1.09. The van der Waals surface area contributed by atoms with E-state index in [1.54, 1.807) is 6.07 Å². The van der Waals surface area contributed by atoms with Crippen molar-refractivity contribution in [1.29, 1.82) is 0 Å². The van der Waals surface area contributed by atoms with Gasteiger partial charge in [0.1, 0.15) is 0 Å². The zero-order chi connectivity index (χ0) is 10.7. The second-order valence-corrected chi connectivity index (χ2v) is 4.19. The smallest absolute Gasteiger partial charge is 0.341 e. The third-order valence-electron chi connectivity index (χ3n) is 1.34. The van der Waals surface area contributed by atoms with Crippen molar-refractivity contribution in [3.8, 4) is 11.5 Å². The highest BCUT2D eigenvalue weighted by molar-refractivity contribution is 9.11. The summed E-state index contributed by atoms with van der Waals surface area (Å²) in [6.45, 7) is -0.490. The van der Waals surface area contributed by atoms with Gasteiger partial charge >= 0.3 is 5.97 Å². The number of aliphatic carboxylic acids is 1. The summed E-state index contributed by atoms with van der Waals surface area (Å²) < 4.78 is 5.97. The molecule has 0 amide bonds. The first-order chi connectivity index (χ1) is 6.50. The Bertz CT molecular complexity index is 365. The Balaban J connectivity index is 2.90. The van der Waals surface area contributed by atoms with Crippen LogP contribution >= 0.6 is 31.9 Å². The molecule has 0 atom stereocenters. The lowest BCUT2D eigenvalue weighted by molar-refractivity contribution is -0.139. The fourth-order valence-corrected chi connectivity index (χ4v) is 1.98. The maximum absolute atomic E-state index is 10.2. The van der Waals surface area contributed by atoms with Gasteiger partial charge in [-0.05, 0) is 28.1 Å². The minimum Gasteiger partial charge on any atom is -0.503 e. The molecule has 0 bridgehead atoms. The summed E-state index contributed by atoms with van der Waals surface area (Å²) in [4.78, 5) is 10.2. The van der Waals surface area contributed by atoms with Crippen LogP contribution in [0.2, 0.25) is 0 Å². The third kappa shape index (κ3) is 2.88. The average molecular weight is 326 g/mol. The van der Waals surface area contributed by atoms with E-state index in [2.05, 4.69) is 31.9 Å². The van der Waals surface area contributed by atoms with Crippen LogP contribution in [0.15, 0.2) is 21.1 Å². The zero-order valence-electron chi connectivity index (χ0n) is 6.83. The highest BCUT2D eigenvalue weighted by Gasteiger charge is 2.09. The Hall–Kier alpha value is -0.750. The van der Waals surface area contributed by atoms with Gasteiger partial charge in [-0.1, -0.05) is 15.9 Å². The van der Waals surface area contributed by atoms with Crippen LogP contribution in [0, 0.1) is 0 Å².